The molecule has 1 rings (SSSR count). The second-order valence-corrected chi connectivity index (χ2v) is 2.65. The van der Waals surface area contributed by atoms with E-state index in [1.165, 1.54) is 0 Å². The molecule has 12 heavy (non-hydrogen) atoms. The zero-order chi connectivity index (χ0) is 8.81. The number of nitrogens with zero attached hydrogens (tertiary/aromatic N) is 3. The van der Waals surface area contributed by atoms with Gasteiger partial charge in [-0.3, -0.25) is 9.67 Å². The highest BCUT2D eigenvalue weighted by Gasteiger charge is 1.88. The first-order valence-electron chi connectivity index (χ1n) is 4.03. The molecule has 0 aliphatic carbocycles. The van der Waals surface area contributed by atoms with Crippen LogP contribution in [0.25, 0.3) is 0 Å². The smallest absolute Gasteiger partial charge is 0.0905 e. The molecule has 0 atom stereocenters. The number of nitrogens with two attached hydrogens (primary N) is 1. The van der Waals surface area contributed by atoms with Gasteiger partial charge in [0.05, 0.1) is 5.84 Å². The Morgan fingerprint density at radius 3 is 3.08 bits per heavy atom. The fourth-order valence-corrected chi connectivity index (χ4v) is 0.921. The van der Waals surface area contributed by atoms with E-state index < -0.39 is 0 Å². The normalized spacial score (nSPS) is 11.9. The lowest BCUT2D eigenvalue weighted by molar-refractivity contribution is 0.585. The fourth-order valence-electron chi connectivity index (χ4n) is 0.921. The van der Waals surface area contributed by atoms with Crippen LogP contribution in [0, 0.1) is 0 Å². The first-order chi connectivity index (χ1) is 5.79. The Labute approximate surface area is 72.1 Å². The number of hydrogen-bond acceptors (Lipinski definition) is 2. The molecule has 0 fully saturated rings. The van der Waals surface area contributed by atoms with Gasteiger partial charge in [-0.2, -0.15) is 5.10 Å². The van der Waals surface area contributed by atoms with Crippen LogP contribution < -0.4 is 5.73 Å². The van der Waals surface area contributed by atoms with Gasteiger partial charge in [0.1, 0.15) is 0 Å². The summed E-state index contributed by atoms with van der Waals surface area (Å²) in [5.74, 6) is 0.649. The van der Waals surface area contributed by atoms with Crippen molar-refractivity contribution in [2.24, 2.45) is 10.7 Å². The van der Waals surface area contributed by atoms with E-state index in [9.17, 15) is 0 Å². The molecule has 0 aliphatic rings. The Morgan fingerprint density at radius 2 is 2.50 bits per heavy atom. The van der Waals surface area contributed by atoms with E-state index in [4.69, 9.17) is 5.73 Å². The van der Waals surface area contributed by atoms with E-state index in [0.29, 0.717) is 5.84 Å². The van der Waals surface area contributed by atoms with Crippen molar-refractivity contribution in [1.29, 1.82) is 0 Å². The van der Waals surface area contributed by atoms with Crippen molar-refractivity contribution < 1.29 is 0 Å². The molecule has 4 nitrogen and oxygen atoms in total. The lowest BCUT2D eigenvalue weighted by atomic mass is 10.4. The van der Waals surface area contributed by atoms with E-state index in [2.05, 4.69) is 10.1 Å². The number of aromatic nitrogens is 2. The van der Waals surface area contributed by atoms with Gasteiger partial charge in [-0.15, -0.1) is 0 Å². The van der Waals surface area contributed by atoms with Crippen LogP contribution >= 0.6 is 0 Å². The van der Waals surface area contributed by atoms with Crippen molar-refractivity contribution in [2.45, 2.75) is 19.9 Å². The summed E-state index contributed by atoms with van der Waals surface area (Å²) in [5, 5.41) is 4.07. The molecule has 0 aromatic carbocycles. The topological polar surface area (TPSA) is 56.2 Å². The fraction of sp³-hybridized carbons (Fsp3) is 0.500. The molecule has 2 N–H and O–H groups in total. The molecule has 0 spiro atoms. The van der Waals surface area contributed by atoms with Crippen LogP contribution in [0.15, 0.2) is 23.5 Å². The average molecular weight is 166 g/mol. The summed E-state index contributed by atoms with van der Waals surface area (Å²) in [4.78, 5) is 4.08. The molecule has 0 amide bonds. The summed E-state index contributed by atoms with van der Waals surface area (Å²) >= 11 is 0. The number of rotatable bonds is 4. The van der Waals surface area contributed by atoms with Crippen LogP contribution in [-0.2, 0) is 6.54 Å². The van der Waals surface area contributed by atoms with Gasteiger partial charge in [-0.25, -0.2) is 0 Å². The Bertz CT molecular complexity index is 234. The predicted molar refractivity (Wildman–Crippen MR) is 49.0 cm³/mol. The Hall–Kier alpha value is -1.32. The SMILES string of the molecule is CC(N)=NCCCn1cccn1. The molecule has 0 radical (unpaired) electrons. The van der Waals surface area contributed by atoms with E-state index in [1.54, 1.807) is 13.1 Å². The molecule has 0 bridgehead atoms. The molecule has 0 saturated carbocycles. The lowest BCUT2D eigenvalue weighted by Gasteiger charge is -1.98. The van der Waals surface area contributed by atoms with Crippen LogP contribution in [0.2, 0.25) is 0 Å². The van der Waals surface area contributed by atoms with Crippen molar-refractivity contribution in [3.05, 3.63) is 18.5 Å². The van der Waals surface area contributed by atoms with E-state index >= 15 is 0 Å². The summed E-state index contributed by atoms with van der Waals surface area (Å²) < 4.78 is 1.89. The minimum Gasteiger partial charge on any atom is -0.388 e. The molecular weight excluding hydrogens is 152 g/mol. The van der Waals surface area contributed by atoms with E-state index in [0.717, 1.165) is 19.5 Å². The second-order valence-electron chi connectivity index (χ2n) is 2.65. The molecule has 0 unspecified atom stereocenters. The maximum atomic E-state index is 5.38. The highest BCUT2D eigenvalue weighted by Crippen LogP contribution is 1.89. The molecule has 1 aromatic rings. The monoisotopic (exact) mass is 166 g/mol. The molecule has 1 heterocycles. The second kappa shape index (κ2) is 4.54. The third-order valence-electron chi connectivity index (χ3n) is 1.47. The first-order valence-corrected chi connectivity index (χ1v) is 4.03. The lowest BCUT2D eigenvalue weighted by Crippen LogP contribution is -2.07. The van der Waals surface area contributed by atoms with Crippen LogP contribution in [0.1, 0.15) is 13.3 Å². The molecule has 66 valence electrons. The van der Waals surface area contributed by atoms with E-state index in [1.807, 2.05) is 16.9 Å². The standard InChI is InChI=1S/C8H14N4/c1-8(9)10-4-2-6-12-7-3-5-11-12/h3,5,7H,2,4,6H2,1H3,(H2,9,10). The maximum Gasteiger partial charge on any atom is 0.0905 e. The minimum atomic E-state index is 0.649. The maximum absolute atomic E-state index is 5.38. The summed E-state index contributed by atoms with van der Waals surface area (Å²) in [6, 6.07) is 1.91. The van der Waals surface area contributed by atoms with Gasteiger partial charge in [-0.05, 0) is 19.4 Å². The van der Waals surface area contributed by atoms with Crippen LogP contribution in [0.3, 0.4) is 0 Å². The van der Waals surface area contributed by atoms with E-state index in [-0.39, 0.29) is 0 Å². The number of amidine groups is 1. The highest BCUT2D eigenvalue weighted by molar-refractivity contribution is 5.77. The van der Waals surface area contributed by atoms with Gasteiger partial charge in [0.15, 0.2) is 0 Å². The predicted octanol–water partition coefficient (Wildman–Crippen LogP) is 0.650. The van der Waals surface area contributed by atoms with Gasteiger partial charge in [0, 0.05) is 25.5 Å². The zero-order valence-corrected chi connectivity index (χ0v) is 7.27. The molecule has 0 saturated heterocycles. The molecular formula is C8H14N4. The van der Waals surface area contributed by atoms with Crippen molar-refractivity contribution in [3.8, 4) is 0 Å². The van der Waals surface area contributed by atoms with Crippen molar-refractivity contribution in [1.82, 2.24) is 9.78 Å². The number of hydrogen-bond donors (Lipinski definition) is 1. The number of aliphatic imine (C=N–C) groups is 1. The van der Waals surface area contributed by atoms with Gasteiger partial charge in [0.25, 0.3) is 0 Å². The third-order valence-corrected chi connectivity index (χ3v) is 1.47. The minimum absolute atomic E-state index is 0.649. The van der Waals surface area contributed by atoms with Crippen LogP contribution in [-0.4, -0.2) is 22.2 Å². The van der Waals surface area contributed by atoms with Crippen LogP contribution in [0.4, 0.5) is 0 Å². The molecule has 4 heteroatoms. The molecule has 0 aliphatic heterocycles. The quantitative estimate of drug-likeness (QED) is 0.405. The van der Waals surface area contributed by atoms with Crippen molar-refractivity contribution in [2.75, 3.05) is 6.54 Å². The number of aryl methyl sites for hydroxylation is 1. The summed E-state index contributed by atoms with van der Waals surface area (Å²) in [5.41, 5.74) is 5.38. The average Bonchev–Trinajstić information content (AvgIpc) is 2.49. The summed E-state index contributed by atoms with van der Waals surface area (Å²) in [7, 11) is 0. The first kappa shape index (κ1) is 8.77. The summed E-state index contributed by atoms with van der Waals surface area (Å²) in [6.07, 6.45) is 4.70. The third kappa shape index (κ3) is 3.18. The van der Waals surface area contributed by atoms with Crippen LogP contribution in [0.5, 0.6) is 0 Å². The zero-order valence-electron chi connectivity index (χ0n) is 7.27. The Kier molecular flexibility index (Phi) is 3.32. The Balaban J connectivity index is 2.16. The van der Waals surface area contributed by atoms with Gasteiger partial charge < -0.3 is 5.73 Å². The Morgan fingerprint density at radius 1 is 1.67 bits per heavy atom. The largest absolute Gasteiger partial charge is 0.388 e. The van der Waals surface area contributed by atoms with Gasteiger partial charge in [-0.1, -0.05) is 0 Å². The van der Waals surface area contributed by atoms with Crippen molar-refractivity contribution >= 4 is 5.84 Å². The van der Waals surface area contributed by atoms with Gasteiger partial charge >= 0.3 is 0 Å². The van der Waals surface area contributed by atoms with Gasteiger partial charge in [0.2, 0.25) is 0 Å². The summed E-state index contributed by atoms with van der Waals surface area (Å²) in [6.45, 7) is 3.49. The highest BCUT2D eigenvalue weighted by atomic mass is 15.3. The molecule has 1 aromatic heterocycles. The van der Waals surface area contributed by atoms with Crippen molar-refractivity contribution in [3.63, 3.8) is 0 Å².